The molecule has 0 amide bonds. The van der Waals surface area contributed by atoms with E-state index in [1.54, 1.807) is 0 Å². The molecule has 0 heterocycles. The molecule has 0 nitrogen and oxygen atoms in total. The lowest BCUT2D eigenvalue weighted by Crippen LogP contribution is -2.74. The van der Waals surface area contributed by atoms with Crippen LogP contribution in [0, 0.1) is 0 Å². The van der Waals surface area contributed by atoms with E-state index in [0.29, 0.717) is 0 Å². The number of benzene rings is 11. The van der Waals surface area contributed by atoms with Gasteiger partial charge in [-0.25, -0.2) is 0 Å². The van der Waals surface area contributed by atoms with Crippen molar-refractivity contribution in [3.8, 4) is 44.5 Å². The van der Waals surface area contributed by atoms with Crippen LogP contribution >= 0.6 is 0 Å². The largest absolute Gasteiger partial charge is 0.179 e. The van der Waals surface area contributed by atoms with Gasteiger partial charge in [0.2, 0.25) is 0 Å². The Morgan fingerprint density at radius 2 is 0.590 bits per heavy atom. The SMILES string of the molecule is c1ccc(-c2cc3ccccc3cc2-c2ccc3c(c2)c(-c2ccccc2)cc2cc(-c4ccc([Si](c5ccccc5)(c5ccccc5)c5ccccc5)cc4)ccc23)cc1. The van der Waals surface area contributed by atoms with E-state index in [1.165, 1.54) is 97.6 Å². The molecule has 61 heavy (non-hydrogen) atoms. The van der Waals surface area contributed by atoms with Crippen molar-refractivity contribution in [1.82, 2.24) is 0 Å². The fourth-order valence-electron chi connectivity index (χ4n) is 9.68. The highest BCUT2D eigenvalue weighted by Gasteiger charge is 2.41. The molecule has 11 rings (SSSR count). The molecule has 0 saturated carbocycles. The lowest BCUT2D eigenvalue weighted by molar-refractivity contribution is 1.61. The summed E-state index contributed by atoms with van der Waals surface area (Å²) in [4.78, 5) is 0. The molecule has 0 aliphatic carbocycles. The topological polar surface area (TPSA) is 0 Å². The minimum Gasteiger partial charge on any atom is -0.0623 e. The van der Waals surface area contributed by atoms with E-state index in [-0.39, 0.29) is 0 Å². The van der Waals surface area contributed by atoms with Crippen molar-refractivity contribution in [2.45, 2.75) is 0 Å². The molecule has 0 fully saturated rings. The van der Waals surface area contributed by atoms with Crippen LogP contribution in [-0.4, -0.2) is 8.07 Å². The standard InChI is InChI=1S/C60H42Si/c1-6-18-44(19-7-1)57-39-46-22-16-17-23-47(46)40-59(57)49-33-37-56-55-36-32-48(38-50(55)42-58(60(56)41-49)45-20-8-2-9-21-45)43-30-34-54(35-31-43)61(51-24-10-3-11-25-51,52-26-12-4-13-27-52)53-28-14-5-15-29-53/h1-42H. The molecule has 11 aromatic rings. The number of hydrogen-bond donors (Lipinski definition) is 0. The quantitative estimate of drug-likeness (QED) is 0.0817. The summed E-state index contributed by atoms with van der Waals surface area (Å²) in [6, 6.07) is 94.5. The van der Waals surface area contributed by atoms with Gasteiger partial charge in [-0.15, -0.1) is 0 Å². The highest BCUT2D eigenvalue weighted by atomic mass is 28.3. The van der Waals surface area contributed by atoms with Gasteiger partial charge in [0.05, 0.1) is 0 Å². The first-order valence-electron chi connectivity index (χ1n) is 21.2. The molecule has 0 aromatic heterocycles. The molecule has 0 aliphatic heterocycles. The zero-order valence-electron chi connectivity index (χ0n) is 33.7. The van der Waals surface area contributed by atoms with E-state index in [2.05, 4.69) is 255 Å². The van der Waals surface area contributed by atoms with Gasteiger partial charge in [-0.2, -0.15) is 0 Å². The Morgan fingerprint density at radius 3 is 1.13 bits per heavy atom. The van der Waals surface area contributed by atoms with Crippen LogP contribution in [0.5, 0.6) is 0 Å². The smallest absolute Gasteiger partial charge is 0.0623 e. The Bertz CT molecular complexity index is 3210. The molecule has 0 aliphatic rings. The Hall–Kier alpha value is -7.58. The summed E-state index contributed by atoms with van der Waals surface area (Å²) in [5.74, 6) is 0. The van der Waals surface area contributed by atoms with Crippen LogP contribution in [0.25, 0.3) is 76.8 Å². The molecule has 0 atom stereocenters. The number of rotatable bonds is 8. The normalized spacial score (nSPS) is 11.6. The third kappa shape index (κ3) is 6.48. The van der Waals surface area contributed by atoms with E-state index in [9.17, 15) is 0 Å². The molecule has 0 N–H and O–H groups in total. The van der Waals surface area contributed by atoms with E-state index in [0.717, 1.165) is 0 Å². The minimum absolute atomic E-state index is 1.21. The molecule has 0 radical (unpaired) electrons. The average Bonchev–Trinajstić information content (AvgIpc) is 3.35. The lowest BCUT2D eigenvalue weighted by atomic mass is 9.87. The maximum absolute atomic E-state index is 2.61. The first kappa shape index (κ1) is 36.5. The monoisotopic (exact) mass is 790 g/mol. The Morgan fingerprint density at radius 1 is 0.197 bits per heavy atom. The maximum Gasteiger partial charge on any atom is 0.179 e. The van der Waals surface area contributed by atoms with Gasteiger partial charge in [0, 0.05) is 0 Å². The summed E-state index contributed by atoms with van der Waals surface area (Å²) < 4.78 is 0. The summed E-state index contributed by atoms with van der Waals surface area (Å²) >= 11 is 0. The van der Waals surface area contributed by atoms with Gasteiger partial charge in [-0.05, 0) is 128 Å². The maximum atomic E-state index is 2.42. The van der Waals surface area contributed by atoms with Crippen LogP contribution in [0.2, 0.25) is 0 Å². The predicted molar refractivity (Wildman–Crippen MR) is 264 cm³/mol. The molecule has 0 spiro atoms. The van der Waals surface area contributed by atoms with Crippen LogP contribution in [0.15, 0.2) is 255 Å². The second-order valence-corrected chi connectivity index (χ2v) is 19.8. The Kier molecular flexibility index (Phi) is 9.30. The zero-order chi connectivity index (χ0) is 40.6. The van der Waals surface area contributed by atoms with Crippen LogP contribution in [0.4, 0.5) is 0 Å². The summed E-state index contributed by atoms with van der Waals surface area (Å²) in [6.45, 7) is 0. The summed E-state index contributed by atoms with van der Waals surface area (Å²) in [6.07, 6.45) is 0. The van der Waals surface area contributed by atoms with Gasteiger partial charge < -0.3 is 0 Å². The van der Waals surface area contributed by atoms with Crippen LogP contribution in [-0.2, 0) is 0 Å². The van der Waals surface area contributed by atoms with Crippen molar-refractivity contribution in [2.24, 2.45) is 0 Å². The van der Waals surface area contributed by atoms with Gasteiger partial charge >= 0.3 is 0 Å². The van der Waals surface area contributed by atoms with Crippen LogP contribution in [0.3, 0.4) is 0 Å². The first-order valence-corrected chi connectivity index (χ1v) is 23.2. The summed E-state index contributed by atoms with van der Waals surface area (Å²) in [7, 11) is -2.61. The lowest BCUT2D eigenvalue weighted by Gasteiger charge is -2.34. The first-order chi connectivity index (χ1) is 30.2. The molecular formula is C60H42Si. The van der Waals surface area contributed by atoms with E-state index in [1.807, 2.05) is 0 Å². The number of hydrogen-bond acceptors (Lipinski definition) is 0. The predicted octanol–water partition coefficient (Wildman–Crippen LogP) is 13.2. The molecular weight excluding hydrogens is 749 g/mol. The van der Waals surface area contributed by atoms with Crippen molar-refractivity contribution in [3.05, 3.63) is 255 Å². The molecule has 286 valence electrons. The summed E-state index contributed by atoms with van der Waals surface area (Å²) in [5.41, 5.74) is 9.80. The Labute approximate surface area is 358 Å². The fraction of sp³-hybridized carbons (Fsp3) is 0. The van der Waals surface area contributed by atoms with Gasteiger partial charge in [0.15, 0.2) is 8.07 Å². The molecule has 0 bridgehead atoms. The van der Waals surface area contributed by atoms with Gasteiger partial charge in [-0.3, -0.25) is 0 Å². The zero-order valence-corrected chi connectivity index (χ0v) is 34.7. The van der Waals surface area contributed by atoms with E-state index in [4.69, 9.17) is 0 Å². The fourth-order valence-corrected chi connectivity index (χ4v) is 14.4. The van der Waals surface area contributed by atoms with Gasteiger partial charge in [-0.1, -0.05) is 224 Å². The van der Waals surface area contributed by atoms with Crippen molar-refractivity contribution in [3.63, 3.8) is 0 Å². The van der Waals surface area contributed by atoms with E-state index < -0.39 is 8.07 Å². The van der Waals surface area contributed by atoms with Crippen molar-refractivity contribution < 1.29 is 0 Å². The van der Waals surface area contributed by atoms with Gasteiger partial charge in [0.25, 0.3) is 0 Å². The highest BCUT2D eigenvalue weighted by molar-refractivity contribution is 7.19. The minimum atomic E-state index is -2.61. The number of fused-ring (bicyclic) bond motifs is 4. The second kappa shape index (κ2) is 15.5. The van der Waals surface area contributed by atoms with Crippen molar-refractivity contribution in [2.75, 3.05) is 0 Å². The van der Waals surface area contributed by atoms with Crippen LogP contribution in [0.1, 0.15) is 0 Å². The molecule has 11 aromatic carbocycles. The average molecular weight is 791 g/mol. The molecule has 0 saturated heterocycles. The van der Waals surface area contributed by atoms with Gasteiger partial charge in [0.1, 0.15) is 0 Å². The third-order valence-electron chi connectivity index (χ3n) is 12.6. The van der Waals surface area contributed by atoms with Crippen molar-refractivity contribution in [1.29, 1.82) is 0 Å². The van der Waals surface area contributed by atoms with E-state index >= 15 is 0 Å². The summed E-state index contributed by atoms with van der Waals surface area (Å²) in [5, 5.41) is 13.0. The highest BCUT2D eigenvalue weighted by Crippen LogP contribution is 2.41. The van der Waals surface area contributed by atoms with Crippen molar-refractivity contribution >= 4 is 61.1 Å². The van der Waals surface area contributed by atoms with Crippen LogP contribution < -0.4 is 20.7 Å². The Balaban J connectivity index is 1.06. The molecule has 0 unspecified atom stereocenters. The third-order valence-corrected chi connectivity index (χ3v) is 17.4. The second-order valence-electron chi connectivity index (χ2n) is 16.0. The molecule has 1 heteroatoms.